The van der Waals surface area contributed by atoms with Crippen molar-refractivity contribution in [3.05, 3.63) is 113 Å². The number of hydrogen-bond acceptors (Lipinski definition) is 6. The van der Waals surface area contributed by atoms with E-state index in [4.69, 9.17) is 4.74 Å². The minimum Gasteiger partial charge on any atom is -0.379 e. The summed E-state index contributed by atoms with van der Waals surface area (Å²) >= 11 is 0. The number of nitrogens with zero attached hydrogens (tertiary/aromatic N) is 3. The molecule has 3 aromatic carbocycles. The predicted molar refractivity (Wildman–Crippen MR) is 193 cm³/mol. The molecular weight excluding hydrogens is 693 g/mol. The Kier molecular flexibility index (Phi) is 12.0. The molecule has 0 spiro atoms. The Hall–Kier alpha value is -4.88. The van der Waals surface area contributed by atoms with E-state index in [-0.39, 0.29) is 34.7 Å². The lowest BCUT2D eigenvalue weighted by Gasteiger charge is -2.29. The molecule has 13 heteroatoms. The van der Waals surface area contributed by atoms with Crippen LogP contribution in [0.25, 0.3) is 11.3 Å². The molecule has 0 radical (unpaired) electrons. The number of pyridine rings is 1. The molecule has 2 aliphatic rings. The molecule has 2 amide bonds. The molecule has 1 aromatic heterocycles. The number of alkyl halides is 5. The van der Waals surface area contributed by atoms with Crippen molar-refractivity contribution in [2.24, 2.45) is 0 Å². The zero-order valence-corrected chi connectivity index (χ0v) is 29.2. The number of anilines is 2. The van der Waals surface area contributed by atoms with Gasteiger partial charge >= 0.3 is 6.18 Å². The van der Waals surface area contributed by atoms with Crippen molar-refractivity contribution in [1.82, 2.24) is 15.2 Å². The number of aryl methyl sites for hydroxylation is 1. The fraction of sp³-hybridized carbons (Fsp3) is 0.375. The predicted octanol–water partition coefficient (Wildman–Crippen LogP) is 7.80. The van der Waals surface area contributed by atoms with Gasteiger partial charge in [-0.05, 0) is 85.8 Å². The third-order valence-electron chi connectivity index (χ3n) is 9.62. The van der Waals surface area contributed by atoms with E-state index in [2.05, 4.69) is 25.4 Å². The van der Waals surface area contributed by atoms with E-state index in [1.54, 1.807) is 24.3 Å². The summed E-state index contributed by atoms with van der Waals surface area (Å²) in [7, 11) is 0. The molecule has 0 saturated carbocycles. The Morgan fingerprint density at radius 3 is 2.26 bits per heavy atom. The Labute approximate surface area is 305 Å². The first-order valence-corrected chi connectivity index (χ1v) is 17.9. The molecule has 53 heavy (non-hydrogen) atoms. The van der Waals surface area contributed by atoms with Gasteiger partial charge in [-0.15, -0.1) is 0 Å². The number of carbonyl (C=O) groups excluding carboxylic acids is 2. The molecule has 4 aromatic rings. The zero-order valence-electron chi connectivity index (χ0n) is 29.2. The molecule has 0 atom stereocenters. The molecule has 2 fully saturated rings. The van der Waals surface area contributed by atoms with E-state index in [0.29, 0.717) is 43.1 Å². The molecule has 280 valence electrons. The lowest BCUT2D eigenvalue weighted by atomic mass is 9.97. The van der Waals surface area contributed by atoms with Crippen LogP contribution >= 0.6 is 0 Å². The highest BCUT2D eigenvalue weighted by Gasteiger charge is 2.33. The zero-order chi connectivity index (χ0) is 37.4. The van der Waals surface area contributed by atoms with Gasteiger partial charge in [0, 0.05) is 79.8 Å². The van der Waals surface area contributed by atoms with Crippen molar-refractivity contribution in [3.8, 4) is 11.3 Å². The summed E-state index contributed by atoms with van der Waals surface area (Å²) in [5.74, 6) is -4.19. The van der Waals surface area contributed by atoms with Crippen LogP contribution in [0.5, 0.6) is 0 Å². The topological polar surface area (TPSA) is 86.8 Å². The largest absolute Gasteiger partial charge is 0.416 e. The fourth-order valence-corrected chi connectivity index (χ4v) is 6.61. The maximum atomic E-state index is 15.7. The van der Waals surface area contributed by atoms with Gasteiger partial charge in [0.25, 0.3) is 17.7 Å². The third-order valence-corrected chi connectivity index (χ3v) is 9.62. The average Bonchev–Trinajstić information content (AvgIpc) is 3.18. The second kappa shape index (κ2) is 16.9. The number of benzene rings is 3. The number of halogens is 5. The summed E-state index contributed by atoms with van der Waals surface area (Å²) in [4.78, 5) is 35.4. The monoisotopic (exact) mass is 735 g/mol. The number of piperidine rings is 1. The number of rotatable bonds is 12. The highest BCUT2D eigenvalue weighted by atomic mass is 19.4. The number of carbonyl (C=O) groups is 2. The fourth-order valence-electron chi connectivity index (χ4n) is 6.61. The van der Waals surface area contributed by atoms with Crippen LogP contribution in [0.1, 0.15) is 63.1 Å². The van der Waals surface area contributed by atoms with E-state index in [0.717, 1.165) is 63.3 Å². The van der Waals surface area contributed by atoms with E-state index in [1.807, 2.05) is 12.1 Å². The molecule has 0 aliphatic carbocycles. The number of nitrogens with one attached hydrogen (secondary N) is 2. The van der Waals surface area contributed by atoms with Gasteiger partial charge in [0.1, 0.15) is 0 Å². The number of hydrogen-bond donors (Lipinski definition) is 2. The molecule has 0 bridgehead atoms. The van der Waals surface area contributed by atoms with Crippen LogP contribution in [0.4, 0.5) is 33.3 Å². The third kappa shape index (κ3) is 9.96. The maximum Gasteiger partial charge on any atom is 0.416 e. The van der Waals surface area contributed by atoms with Gasteiger partial charge in [-0.3, -0.25) is 19.5 Å². The van der Waals surface area contributed by atoms with Crippen LogP contribution in [0.3, 0.4) is 0 Å². The van der Waals surface area contributed by atoms with E-state index >= 15 is 8.78 Å². The molecule has 8 nitrogen and oxygen atoms in total. The van der Waals surface area contributed by atoms with Crippen molar-refractivity contribution in [3.63, 3.8) is 0 Å². The van der Waals surface area contributed by atoms with Crippen LogP contribution in [-0.4, -0.2) is 74.2 Å². The van der Waals surface area contributed by atoms with Gasteiger partial charge in [0.15, 0.2) is 0 Å². The molecule has 2 N–H and O–H groups in total. The van der Waals surface area contributed by atoms with E-state index in [1.165, 1.54) is 36.5 Å². The first-order chi connectivity index (χ1) is 25.5. The summed E-state index contributed by atoms with van der Waals surface area (Å²) in [6.07, 6.45) is -1.16. The lowest BCUT2D eigenvalue weighted by molar-refractivity contribution is -0.137. The van der Waals surface area contributed by atoms with Crippen LogP contribution in [0.2, 0.25) is 0 Å². The summed E-state index contributed by atoms with van der Waals surface area (Å²) < 4.78 is 76.4. The Morgan fingerprint density at radius 2 is 1.51 bits per heavy atom. The summed E-state index contributed by atoms with van der Waals surface area (Å²) in [5.41, 5.74) is 1.30. The summed E-state index contributed by atoms with van der Waals surface area (Å²) in [6, 6.07) is 18.6. The van der Waals surface area contributed by atoms with Gasteiger partial charge in [0.05, 0.1) is 30.2 Å². The molecule has 6 rings (SSSR count). The highest BCUT2D eigenvalue weighted by Crippen LogP contribution is 2.38. The second-order valence-electron chi connectivity index (χ2n) is 13.4. The lowest BCUT2D eigenvalue weighted by Crippen LogP contribution is -2.41. The Morgan fingerprint density at radius 1 is 0.774 bits per heavy atom. The quantitative estimate of drug-likeness (QED) is 0.145. The number of morpholine rings is 1. The number of amides is 2. The van der Waals surface area contributed by atoms with Crippen LogP contribution in [0.15, 0.2) is 85.1 Å². The number of ether oxygens (including phenoxy) is 1. The van der Waals surface area contributed by atoms with Crippen LogP contribution in [0, 0.1) is 0 Å². The van der Waals surface area contributed by atoms with E-state index < -0.39 is 30.0 Å². The molecule has 2 aliphatic heterocycles. The van der Waals surface area contributed by atoms with Gasteiger partial charge in [-0.25, -0.2) is 8.78 Å². The normalized spacial score (nSPS) is 15.6. The maximum absolute atomic E-state index is 15.7. The Balaban J connectivity index is 1.21. The molecule has 0 unspecified atom stereocenters. The summed E-state index contributed by atoms with van der Waals surface area (Å²) in [6.45, 7) is 5.71. The van der Waals surface area contributed by atoms with Crippen molar-refractivity contribution < 1.29 is 36.3 Å². The van der Waals surface area contributed by atoms with Crippen molar-refractivity contribution in [1.29, 1.82) is 0 Å². The minimum absolute atomic E-state index is 0.155. The van der Waals surface area contributed by atoms with Crippen LogP contribution in [-0.2, 0) is 23.3 Å². The van der Waals surface area contributed by atoms with Gasteiger partial charge < -0.3 is 20.3 Å². The van der Waals surface area contributed by atoms with Crippen molar-refractivity contribution >= 4 is 23.2 Å². The van der Waals surface area contributed by atoms with Crippen molar-refractivity contribution in [2.75, 3.05) is 62.7 Å². The van der Waals surface area contributed by atoms with Crippen molar-refractivity contribution in [2.45, 2.75) is 44.2 Å². The van der Waals surface area contributed by atoms with Crippen LogP contribution < -0.4 is 15.5 Å². The summed E-state index contributed by atoms with van der Waals surface area (Å²) in [5, 5.41) is 5.80. The number of aromatic nitrogens is 1. The van der Waals surface area contributed by atoms with Gasteiger partial charge in [-0.1, -0.05) is 24.3 Å². The smallest absolute Gasteiger partial charge is 0.379 e. The first-order valence-electron chi connectivity index (χ1n) is 17.9. The SMILES string of the molecule is O=C(NCCN1CCOCC1)c1cccc(C(=O)Nc2ccc(N3CCCCC3)cc2-c2cc(C(F)(F)CCc3cccc(C(F)(F)F)c3)ccn2)c1. The van der Waals surface area contributed by atoms with Gasteiger partial charge in [-0.2, -0.15) is 13.2 Å². The minimum atomic E-state index is -4.57. The molecule has 3 heterocycles. The second-order valence-corrected chi connectivity index (χ2v) is 13.4. The molecule has 2 saturated heterocycles. The Bertz CT molecular complexity index is 1890. The van der Waals surface area contributed by atoms with E-state index in [9.17, 15) is 22.8 Å². The average molecular weight is 736 g/mol. The molecular formula is C40H42F5N5O3. The first kappa shape index (κ1) is 37.9. The standard InChI is InChI=1S/C40H42F5N5O3/c41-39(42,14-12-28-6-4-9-32(24-28)40(43,44)45)31-13-15-46-36(26-31)34-27-33(50-17-2-1-3-18-50)10-11-35(34)48-38(52)30-8-5-7-29(25-30)37(51)47-16-19-49-20-22-53-23-21-49/h4-11,13,15,24-27H,1-3,12,14,16-23H2,(H,47,51)(H,48,52). The highest BCUT2D eigenvalue weighted by molar-refractivity contribution is 6.08. The van der Waals surface area contributed by atoms with Gasteiger partial charge in [0.2, 0.25) is 0 Å².